The van der Waals surface area contributed by atoms with Gasteiger partial charge in [-0.1, -0.05) is 0 Å². The second-order valence-corrected chi connectivity index (χ2v) is 4.56. The van der Waals surface area contributed by atoms with Crippen molar-refractivity contribution in [2.24, 2.45) is 0 Å². The van der Waals surface area contributed by atoms with Crippen molar-refractivity contribution in [3.05, 3.63) is 41.7 Å². The van der Waals surface area contributed by atoms with Crippen molar-refractivity contribution >= 4 is 5.97 Å². The molecule has 21 heavy (non-hydrogen) atoms. The standard InChI is InChI=1S/C13H13FN4O3/c1-8-16-12(13(19)21-11-6-15-20-7-11)17-18(8)10-4-2-9(14)3-5-10/h2-5,11,15H,6-7H2,1H3/t11-/m0/s1. The van der Waals surface area contributed by atoms with Crippen molar-refractivity contribution in [3.8, 4) is 5.69 Å². The van der Waals surface area contributed by atoms with Gasteiger partial charge in [0.05, 0.1) is 12.2 Å². The van der Waals surface area contributed by atoms with Crippen molar-refractivity contribution in [2.45, 2.75) is 13.0 Å². The first kappa shape index (κ1) is 13.7. The Morgan fingerprint density at radius 3 is 2.90 bits per heavy atom. The second kappa shape index (κ2) is 5.58. The van der Waals surface area contributed by atoms with Gasteiger partial charge in [-0.05, 0) is 31.2 Å². The molecule has 8 heteroatoms. The van der Waals surface area contributed by atoms with Gasteiger partial charge in [0, 0.05) is 0 Å². The van der Waals surface area contributed by atoms with Gasteiger partial charge < -0.3 is 4.74 Å². The number of nitrogens with one attached hydrogen (secondary N) is 1. The molecule has 1 N–H and O–H groups in total. The molecule has 2 heterocycles. The predicted octanol–water partition coefficient (Wildman–Crippen LogP) is 0.775. The summed E-state index contributed by atoms with van der Waals surface area (Å²) in [6.45, 7) is 2.43. The molecule has 0 aliphatic carbocycles. The summed E-state index contributed by atoms with van der Waals surface area (Å²) < 4.78 is 19.6. The molecule has 0 radical (unpaired) electrons. The van der Waals surface area contributed by atoms with Crippen LogP contribution in [0.2, 0.25) is 0 Å². The van der Waals surface area contributed by atoms with Crippen LogP contribution in [0.4, 0.5) is 4.39 Å². The summed E-state index contributed by atoms with van der Waals surface area (Å²) >= 11 is 0. The highest BCUT2D eigenvalue weighted by Crippen LogP contribution is 2.11. The quantitative estimate of drug-likeness (QED) is 0.842. The van der Waals surface area contributed by atoms with E-state index in [1.165, 1.54) is 16.8 Å². The maximum Gasteiger partial charge on any atom is 0.378 e. The van der Waals surface area contributed by atoms with Crippen LogP contribution in [0.3, 0.4) is 0 Å². The van der Waals surface area contributed by atoms with Crippen LogP contribution in [0.15, 0.2) is 24.3 Å². The van der Waals surface area contributed by atoms with Crippen LogP contribution in [0, 0.1) is 12.7 Å². The molecular formula is C13H13FN4O3. The van der Waals surface area contributed by atoms with Crippen molar-refractivity contribution in [2.75, 3.05) is 13.2 Å². The van der Waals surface area contributed by atoms with Gasteiger partial charge in [0.15, 0.2) is 0 Å². The third-order valence-electron chi connectivity index (χ3n) is 2.98. The maximum absolute atomic E-state index is 12.9. The lowest BCUT2D eigenvalue weighted by atomic mass is 10.3. The maximum atomic E-state index is 12.9. The van der Waals surface area contributed by atoms with E-state index >= 15 is 0 Å². The monoisotopic (exact) mass is 292 g/mol. The molecule has 1 saturated heterocycles. The van der Waals surface area contributed by atoms with Crippen molar-refractivity contribution in [3.63, 3.8) is 0 Å². The number of esters is 1. The lowest BCUT2D eigenvalue weighted by Gasteiger charge is -2.06. The fraction of sp³-hybridized carbons (Fsp3) is 0.308. The number of aryl methyl sites for hydroxylation is 1. The van der Waals surface area contributed by atoms with Crippen LogP contribution in [0.5, 0.6) is 0 Å². The van der Waals surface area contributed by atoms with E-state index in [1.54, 1.807) is 19.1 Å². The minimum Gasteiger partial charge on any atom is -0.452 e. The lowest BCUT2D eigenvalue weighted by molar-refractivity contribution is 0.0242. The molecule has 1 aromatic heterocycles. The van der Waals surface area contributed by atoms with Crippen molar-refractivity contribution in [1.82, 2.24) is 20.2 Å². The van der Waals surface area contributed by atoms with E-state index in [0.717, 1.165) is 0 Å². The van der Waals surface area contributed by atoms with Crippen LogP contribution in [0.25, 0.3) is 5.69 Å². The van der Waals surface area contributed by atoms with E-state index in [9.17, 15) is 9.18 Å². The van der Waals surface area contributed by atoms with Gasteiger partial charge in [-0.25, -0.2) is 18.9 Å². The number of hydrogen-bond acceptors (Lipinski definition) is 6. The largest absolute Gasteiger partial charge is 0.452 e. The molecule has 1 fully saturated rings. The molecule has 0 unspecified atom stereocenters. The van der Waals surface area contributed by atoms with Gasteiger partial charge >= 0.3 is 5.97 Å². The third-order valence-corrected chi connectivity index (χ3v) is 2.98. The Balaban J connectivity index is 1.80. The summed E-state index contributed by atoms with van der Waals surface area (Å²) in [5.74, 6) is -0.487. The number of aromatic nitrogens is 3. The average Bonchev–Trinajstić information content (AvgIpc) is 3.09. The van der Waals surface area contributed by atoms with E-state index in [0.29, 0.717) is 24.7 Å². The molecule has 0 bridgehead atoms. The summed E-state index contributed by atoms with van der Waals surface area (Å²) in [4.78, 5) is 20.9. The number of hydroxylamine groups is 1. The molecule has 0 amide bonds. The van der Waals surface area contributed by atoms with E-state index in [2.05, 4.69) is 15.6 Å². The smallest absolute Gasteiger partial charge is 0.378 e. The molecule has 1 atom stereocenters. The molecular weight excluding hydrogens is 279 g/mol. The number of rotatable bonds is 3. The highest BCUT2D eigenvalue weighted by molar-refractivity contribution is 5.85. The van der Waals surface area contributed by atoms with Crippen LogP contribution >= 0.6 is 0 Å². The Hall–Kier alpha value is -2.32. The summed E-state index contributed by atoms with van der Waals surface area (Å²) in [7, 11) is 0. The number of halogens is 1. The first-order chi connectivity index (χ1) is 10.1. The molecule has 7 nitrogen and oxygen atoms in total. The Kier molecular flexibility index (Phi) is 3.63. The molecule has 1 aliphatic heterocycles. The van der Waals surface area contributed by atoms with Gasteiger partial charge in [-0.2, -0.15) is 5.48 Å². The fourth-order valence-corrected chi connectivity index (χ4v) is 1.95. The zero-order valence-corrected chi connectivity index (χ0v) is 11.2. The summed E-state index contributed by atoms with van der Waals surface area (Å²) in [6, 6.07) is 5.74. The third kappa shape index (κ3) is 2.91. The predicted molar refractivity (Wildman–Crippen MR) is 69.2 cm³/mol. The van der Waals surface area contributed by atoms with Crippen LogP contribution in [0.1, 0.15) is 16.4 Å². The fourth-order valence-electron chi connectivity index (χ4n) is 1.95. The summed E-state index contributed by atoms with van der Waals surface area (Å²) in [5, 5.41) is 4.10. The Morgan fingerprint density at radius 1 is 1.48 bits per heavy atom. The second-order valence-electron chi connectivity index (χ2n) is 4.56. The molecule has 1 aromatic carbocycles. The minimum absolute atomic E-state index is 0.0382. The van der Waals surface area contributed by atoms with Crippen molar-refractivity contribution in [1.29, 1.82) is 0 Å². The van der Waals surface area contributed by atoms with Crippen LogP contribution < -0.4 is 5.48 Å². The zero-order valence-electron chi connectivity index (χ0n) is 11.2. The van der Waals surface area contributed by atoms with Crippen molar-refractivity contribution < 1.29 is 18.8 Å². The summed E-state index contributed by atoms with van der Waals surface area (Å²) in [6.07, 6.45) is -0.351. The van der Waals surface area contributed by atoms with Gasteiger partial charge in [0.1, 0.15) is 24.4 Å². The van der Waals surface area contributed by atoms with E-state index in [1.807, 2.05) is 0 Å². The van der Waals surface area contributed by atoms with E-state index in [4.69, 9.17) is 9.57 Å². The average molecular weight is 292 g/mol. The number of carbonyl (C=O) groups is 1. The van der Waals surface area contributed by atoms with Gasteiger partial charge in [-0.15, -0.1) is 5.10 Å². The van der Waals surface area contributed by atoms with Gasteiger partial charge in [0.2, 0.25) is 0 Å². The van der Waals surface area contributed by atoms with Gasteiger partial charge in [-0.3, -0.25) is 4.84 Å². The Bertz CT molecular complexity index is 650. The lowest BCUT2D eigenvalue weighted by Crippen LogP contribution is -2.23. The molecule has 110 valence electrons. The molecule has 2 aromatic rings. The normalized spacial score (nSPS) is 17.9. The number of carbonyl (C=O) groups excluding carboxylic acids is 1. The molecule has 1 aliphatic rings. The molecule has 3 rings (SSSR count). The highest BCUT2D eigenvalue weighted by Gasteiger charge is 2.24. The van der Waals surface area contributed by atoms with Crippen LogP contribution in [-0.4, -0.2) is 40.0 Å². The number of nitrogens with zero attached hydrogens (tertiary/aromatic N) is 3. The topological polar surface area (TPSA) is 78.3 Å². The number of ether oxygens (including phenoxy) is 1. The first-order valence-corrected chi connectivity index (χ1v) is 6.39. The molecule has 0 saturated carbocycles. The highest BCUT2D eigenvalue weighted by atomic mass is 19.1. The number of hydrogen-bond donors (Lipinski definition) is 1. The molecule has 0 spiro atoms. The SMILES string of the molecule is Cc1nc(C(=O)O[C@H]2CNOC2)nn1-c1ccc(F)cc1. The Labute approximate surface area is 119 Å². The number of benzene rings is 1. The minimum atomic E-state index is -0.615. The van der Waals surface area contributed by atoms with E-state index in [-0.39, 0.29) is 17.7 Å². The van der Waals surface area contributed by atoms with Gasteiger partial charge in [0.25, 0.3) is 5.82 Å². The summed E-state index contributed by atoms with van der Waals surface area (Å²) in [5.41, 5.74) is 3.24. The van der Waals surface area contributed by atoms with Crippen LogP contribution in [-0.2, 0) is 9.57 Å². The first-order valence-electron chi connectivity index (χ1n) is 6.39. The van der Waals surface area contributed by atoms with E-state index < -0.39 is 5.97 Å². The zero-order chi connectivity index (χ0) is 14.8. The Morgan fingerprint density at radius 2 is 2.24 bits per heavy atom.